The van der Waals surface area contributed by atoms with Crippen molar-refractivity contribution < 1.29 is 4.79 Å². The first-order valence-electron chi connectivity index (χ1n) is 3.82. The van der Waals surface area contributed by atoms with Crippen molar-refractivity contribution in [1.29, 1.82) is 0 Å². The van der Waals surface area contributed by atoms with Crippen LogP contribution in [0.25, 0.3) is 0 Å². The molecule has 4 heteroatoms. The van der Waals surface area contributed by atoms with Crippen LogP contribution in [0.4, 0.5) is 0 Å². The van der Waals surface area contributed by atoms with Gasteiger partial charge in [-0.05, 0) is 0 Å². The Kier molecular flexibility index (Phi) is 8.83. The normalized spacial score (nSPS) is 9.42. The molecule has 0 heterocycles. The first-order valence-corrected chi connectivity index (χ1v) is 5.51. The van der Waals surface area contributed by atoms with Crippen molar-refractivity contribution in [3.05, 3.63) is 12.7 Å². The molecular formula is C8H14ClNOS. The maximum absolute atomic E-state index is 10.9. The Morgan fingerprint density at radius 2 is 2.42 bits per heavy atom. The predicted octanol–water partition coefficient (Wildman–Crippen LogP) is 1.65. The van der Waals surface area contributed by atoms with Crippen LogP contribution >= 0.6 is 23.4 Å². The molecule has 0 radical (unpaired) electrons. The maximum Gasteiger partial charge on any atom is 0.221 e. The van der Waals surface area contributed by atoms with Crippen molar-refractivity contribution in [1.82, 2.24) is 5.32 Å². The van der Waals surface area contributed by atoms with Crippen LogP contribution in [0.15, 0.2) is 12.7 Å². The zero-order chi connectivity index (χ0) is 9.23. The molecule has 0 unspecified atom stereocenters. The number of rotatable bonds is 7. The van der Waals surface area contributed by atoms with Crippen LogP contribution in [-0.2, 0) is 4.79 Å². The van der Waals surface area contributed by atoms with Crippen LogP contribution in [0.5, 0.6) is 0 Å². The van der Waals surface area contributed by atoms with Crippen LogP contribution in [0, 0.1) is 0 Å². The van der Waals surface area contributed by atoms with Crippen molar-refractivity contribution in [2.45, 2.75) is 6.42 Å². The number of hydrogen-bond acceptors (Lipinski definition) is 2. The van der Waals surface area contributed by atoms with E-state index in [2.05, 4.69) is 11.9 Å². The molecule has 0 atom stereocenters. The summed E-state index contributed by atoms with van der Waals surface area (Å²) >= 11 is 7.13. The molecule has 0 saturated carbocycles. The lowest BCUT2D eigenvalue weighted by Gasteiger charge is -2.01. The standard InChI is InChI=1S/C8H14ClNOS/c1-2-6-12-7-5-10-8(11)3-4-9/h2H,1,3-7H2,(H,10,11). The molecule has 0 saturated heterocycles. The molecule has 1 N–H and O–H groups in total. The Labute approximate surface area is 82.7 Å². The third-order valence-corrected chi connectivity index (χ3v) is 2.28. The van der Waals surface area contributed by atoms with E-state index in [1.165, 1.54) is 0 Å². The van der Waals surface area contributed by atoms with Gasteiger partial charge < -0.3 is 5.32 Å². The summed E-state index contributed by atoms with van der Waals surface area (Å²) in [6.45, 7) is 4.31. The number of nitrogens with one attached hydrogen (secondary N) is 1. The van der Waals surface area contributed by atoms with Crippen LogP contribution in [-0.4, -0.2) is 29.8 Å². The highest BCUT2D eigenvalue weighted by Gasteiger charge is 1.97. The van der Waals surface area contributed by atoms with Gasteiger partial charge in [-0.2, -0.15) is 11.8 Å². The third-order valence-electron chi connectivity index (χ3n) is 1.13. The fraction of sp³-hybridized carbons (Fsp3) is 0.625. The van der Waals surface area contributed by atoms with Crippen LogP contribution in [0.1, 0.15) is 6.42 Å². The number of hydrogen-bond donors (Lipinski definition) is 1. The van der Waals surface area contributed by atoms with Crippen LogP contribution in [0.3, 0.4) is 0 Å². The summed E-state index contributed by atoms with van der Waals surface area (Å²) in [4.78, 5) is 10.9. The number of thioether (sulfide) groups is 1. The van der Waals surface area contributed by atoms with E-state index in [0.29, 0.717) is 18.8 Å². The Balaban J connectivity index is 3.08. The van der Waals surface area contributed by atoms with Gasteiger partial charge in [-0.15, -0.1) is 18.2 Å². The van der Waals surface area contributed by atoms with Gasteiger partial charge in [-0.3, -0.25) is 4.79 Å². The molecule has 0 aliphatic carbocycles. The number of amides is 1. The molecular weight excluding hydrogens is 194 g/mol. The minimum atomic E-state index is 0.0317. The second kappa shape index (κ2) is 8.94. The largest absolute Gasteiger partial charge is 0.355 e. The molecule has 0 spiro atoms. The van der Waals surface area contributed by atoms with Crippen molar-refractivity contribution in [3.8, 4) is 0 Å². The van der Waals surface area contributed by atoms with E-state index < -0.39 is 0 Å². The van der Waals surface area contributed by atoms with Crippen LogP contribution in [0.2, 0.25) is 0 Å². The zero-order valence-corrected chi connectivity index (χ0v) is 8.59. The number of carbonyl (C=O) groups is 1. The summed E-state index contributed by atoms with van der Waals surface area (Å²) in [5.74, 6) is 2.29. The van der Waals surface area contributed by atoms with Gasteiger partial charge in [0.15, 0.2) is 0 Å². The minimum Gasteiger partial charge on any atom is -0.355 e. The lowest BCUT2D eigenvalue weighted by molar-refractivity contribution is -0.120. The lowest BCUT2D eigenvalue weighted by atomic mass is 10.4. The third kappa shape index (κ3) is 7.95. The van der Waals surface area contributed by atoms with E-state index >= 15 is 0 Å². The fourth-order valence-electron chi connectivity index (χ4n) is 0.603. The van der Waals surface area contributed by atoms with Gasteiger partial charge in [0.05, 0.1) is 0 Å². The average molecular weight is 208 g/mol. The second-order valence-electron chi connectivity index (χ2n) is 2.15. The molecule has 70 valence electrons. The summed E-state index contributed by atoms with van der Waals surface area (Å²) in [6, 6.07) is 0. The Hall–Kier alpha value is -0.150. The van der Waals surface area contributed by atoms with Gasteiger partial charge in [0.1, 0.15) is 0 Å². The van der Waals surface area contributed by atoms with E-state index in [0.717, 1.165) is 11.5 Å². The number of carbonyl (C=O) groups excluding carboxylic acids is 1. The molecule has 0 aliphatic heterocycles. The number of halogens is 1. The van der Waals surface area contributed by atoms with E-state index in [4.69, 9.17) is 11.6 Å². The van der Waals surface area contributed by atoms with Crippen molar-refractivity contribution in [3.63, 3.8) is 0 Å². The molecule has 0 aromatic rings. The van der Waals surface area contributed by atoms with Crippen LogP contribution < -0.4 is 5.32 Å². The Morgan fingerprint density at radius 1 is 1.67 bits per heavy atom. The molecule has 0 aromatic carbocycles. The molecule has 2 nitrogen and oxygen atoms in total. The molecule has 0 aromatic heterocycles. The molecule has 0 rings (SSSR count). The summed E-state index contributed by atoms with van der Waals surface area (Å²) in [5, 5.41) is 2.76. The fourth-order valence-corrected chi connectivity index (χ4v) is 1.35. The van der Waals surface area contributed by atoms with Gasteiger partial charge in [-0.25, -0.2) is 0 Å². The first kappa shape index (κ1) is 11.8. The maximum atomic E-state index is 10.9. The van der Waals surface area contributed by atoms with Crippen molar-refractivity contribution in [2.75, 3.05) is 23.9 Å². The summed E-state index contributed by atoms with van der Waals surface area (Å²) < 4.78 is 0. The summed E-state index contributed by atoms with van der Waals surface area (Å²) in [7, 11) is 0. The smallest absolute Gasteiger partial charge is 0.221 e. The highest BCUT2D eigenvalue weighted by atomic mass is 35.5. The lowest BCUT2D eigenvalue weighted by Crippen LogP contribution is -2.25. The topological polar surface area (TPSA) is 29.1 Å². The van der Waals surface area contributed by atoms with E-state index in [1.807, 2.05) is 6.08 Å². The monoisotopic (exact) mass is 207 g/mol. The molecule has 0 aliphatic rings. The molecule has 12 heavy (non-hydrogen) atoms. The van der Waals surface area contributed by atoms with E-state index in [-0.39, 0.29) is 5.91 Å². The Morgan fingerprint density at radius 3 is 3.00 bits per heavy atom. The van der Waals surface area contributed by atoms with Gasteiger partial charge in [-0.1, -0.05) is 6.08 Å². The highest BCUT2D eigenvalue weighted by molar-refractivity contribution is 7.99. The predicted molar refractivity (Wildman–Crippen MR) is 55.9 cm³/mol. The van der Waals surface area contributed by atoms with Crippen molar-refractivity contribution >= 4 is 29.3 Å². The van der Waals surface area contributed by atoms with Gasteiger partial charge in [0.2, 0.25) is 5.91 Å². The van der Waals surface area contributed by atoms with Crippen molar-refractivity contribution in [2.24, 2.45) is 0 Å². The average Bonchev–Trinajstić information content (AvgIpc) is 2.05. The van der Waals surface area contributed by atoms with Gasteiger partial charge >= 0.3 is 0 Å². The Bertz CT molecular complexity index is 141. The zero-order valence-electron chi connectivity index (χ0n) is 7.01. The van der Waals surface area contributed by atoms with Gasteiger partial charge in [0.25, 0.3) is 0 Å². The number of alkyl halides is 1. The SMILES string of the molecule is C=CCSCCNC(=O)CCCl. The van der Waals surface area contributed by atoms with Gasteiger partial charge in [0, 0.05) is 30.4 Å². The molecule has 0 fully saturated rings. The van der Waals surface area contributed by atoms with E-state index in [9.17, 15) is 4.79 Å². The minimum absolute atomic E-state index is 0.0317. The van der Waals surface area contributed by atoms with E-state index in [1.54, 1.807) is 11.8 Å². The highest BCUT2D eigenvalue weighted by Crippen LogP contribution is 1.97. The molecule has 0 bridgehead atoms. The first-order chi connectivity index (χ1) is 5.81. The summed E-state index contributed by atoms with van der Waals surface area (Å²) in [5.41, 5.74) is 0. The second-order valence-corrected chi connectivity index (χ2v) is 3.68. The molecule has 1 amide bonds. The quantitative estimate of drug-likeness (QED) is 0.391. The summed E-state index contributed by atoms with van der Waals surface area (Å²) in [6.07, 6.45) is 2.26.